The van der Waals surface area contributed by atoms with Crippen LogP contribution in [0.5, 0.6) is 0 Å². The number of nitrogens with one attached hydrogen (secondary N) is 1. The third-order valence-electron chi connectivity index (χ3n) is 6.47. The topological polar surface area (TPSA) is 86.8 Å². The number of aryl methyl sites for hydroxylation is 2. The molecule has 0 fully saturated rings. The highest BCUT2D eigenvalue weighted by atomic mass is 35.5. The molecule has 0 aromatic heterocycles. The van der Waals surface area contributed by atoms with Crippen molar-refractivity contribution in [3.05, 3.63) is 94.5 Å². The minimum absolute atomic E-state index is 0.0844. The molecule has 208 valence electrons. The summed E-state index contributed by atoms with van der Waals surface area (Å²) in [4.78, 5) is 28.7. The molecule has 0 spiro atoms. The number of benzene rings is 3. The molecule has 0 aliphatic heterocycles. The number of carbonyl (C=O) groups excluding carboxylic acids is 2. The number of hydrogen-bond donors (Lipinski definition) is 1. The molecule has 0 heterocycles. The van der Waals surface area contributed by atoms with Crippen LogP contribution >= 0.6 is 11.6 Å². The molecule has 3 aromatic rings. The number of rotatable bonds is 12. The van der Waals surface area contributed by atoms with E-state index < -0.39 is 28.5 Å². The maximum Gasteiger partial charge on any atom is 0.264 e. The first-order chi connectivity index (χ1) is 18.6. The molecule has 3 rings (SSSR count). The van der Waals surface area contributed by atoms with Crippen LogP contribution in [0.15, 0.2) is 77.7 Å². The van der Waals surface area contributed by atoms with Gasteiger partial charge in [-0.2, -0.15) is 0 Å². The van der Waals surface area contributed by atoms with Crippen molar-refractivity contribution < 1.29 is 18.0 Å². The maximum atomic E-state index is 14.0. The molecule has 39 heavy (non-hydrogen) atoms. The van der Waals surface area contributed by atoms with E-state index in [1.54, 1.807) is 73.7 Å². The number of carbonyl (C=O) groups is 2. The first kappa shape index (κ1) is 30.2. The molecule has 0 aliphatic rings. The predicted octanol–water partition coefficient (Wildman–Crippen LogP) is 5.49. The van der Waals surface area contributed by atoms with E-state index in [0.717, 1.165) is 21.9 Å². The van der Waals surface area contributed by atoms with Gasteiger partial charge in [-0.3, -0.25) is 13.9 Å². The van der Waals surface area contributed by atoms with Crippen molar-refractivity contribution in [1.29, 1.82) is 0 Å². The summed E-state index contributed by atoms with van der Waals surface area (Å²) in [5.74, 6) is -0.757. The first-order valence-corrected chi connectivity index (χ1v) is 14.9. The van der Waals surface area contributed by atoms with Crippen LogP contribution in [-0.4, -0.2) is 44.3 Å². The van der Waals surface area contributed by atoms with Gasteiger partial charge in [0.25, 0.3) is 10.0 Å². The summed E-state index contributed by atoms with van der Waals surface area (Å²) in [5, 5.41) is 3.44. The van der Waals surface area contributed by atoms with Crippen molar-refractivity contribution in [2.45, 2.75) is 58.0 Å². The van der Waals surface area contributed by atoms with Crippen LogP contribution in [0.4, 0.5) is 5.69 Å². The van der Waals surface area contributed by atoms with Crippen molar-refractivity contribution >= 4 is 39.1 Å². The number of para-hydroxylation sites is 1. The second-order valence-electron chi connectivity index (χ2n) is 9.47. The fourth-order valence-corrected chi connectivity index (χ4v) is 5.87. The largest absolute Gasteiger partial charge is 0.354 e. The second-order valence-corrected chi connectivity index (χ2v) is 11.8. The number of nitrogens with zero attached hydrogens (tertiary/aromatic N) is 2. The van der Waals surface area contributed by atoms with Gasteiger partial charge in [-0.25, -0.2) is 8.42 Å². The van der Waals surface area contributed by atoms with Gasteiger partial charge in [0.05, 0.1) is 10.6 Å². The molecule has 3 aromatic carbocycles. The summed E-state index contributed by atoms with van der Waals surface area (Å²) in [6.45, 7) is 7.61. The quantitative estimate of drug-likeness (QED) is 0.313. The molecule has 0 saturated carbocycles. The number of halogens is 1. The molecule has 0 bridgehead atoms. The Balaban J connectivity index is 2.05. The second kappa shape index (κ2) is 13.6. The zero-order valence-electron chi connectivity index (χ0n) is 22.9. The van der Waals surface area contributed by atoms with E-state index in [-0.39, 0.29) is 17.3 Å². The van der Waals surface area contributed by atoms with E-state index in [0.29, 0.717) is 29.2 Å². The van der Waals surface area contributed by atoms with Crippen LogP contribution in [0.1, 0.15) is 43.4 Å². The van der Waals surface area contributed by atoms with Crippen molar-refractivity contribution in [3.63, 3.8) is 0 Å². The average molecular weight is 570 g/mol. The molecule has 0 saturated heterocycles. The van der Waals surface area contributed by atoms with Gasteiger partial charge in [0.15, 0.2) is 0 Å². The minimum atomic E-state index is -4.10. The fourth-order valence-electron chi connectivity index (χ4n) is 4.27. The molecule has 7 nitrogen and oxygen atoms in total. The van der Waals surface area contributed by atoms with Gasteiger partial charge >= 0.3 is 0 Å². The lowest BCUT2D eigenvalue weighted by Crippen LogP contribution is -2.52. The van der Waals surface area contributed by atoms with Crippen molar-refractivity contribution in [2.75, 3.05) is 17.4 Å². The van der Waals surface area contributed by atoms with E-state index >= 15 is 0 Å². The standard InChI is InChI=1S/C30H36ClN3O4S/c1-5-19-32-30(36)27(6-2)33(20-24-13-15-25(31)16-14-24)29(35)21-34(28-10-8-7-9-23(28)4)39(37,38)26-17-11-22(3)12-18-26/h7-18,27H,5-6,19-21H2,1-4H3,(H,32,36)/t27-/m1/s1. The highest BCUT2D eigenvalue weighted by Gasteiger charge is 2.34. The van der Waals surface area contributed by atoms with Gasteiger partial charge in [-0.05, 0) is 68.1 Å². The van der Waals surface area contributed by atoms with E-state index in [1.807, 2.05) is 26.8 Å². The highest BCUT2D eigenvalue weighted by Crippen LogP contribution is 2.28. The fraction of sp³-hybridized carbons (Fsp3) is 0.333. The van der Waals surface area contributed by atoms with E-state index in [4.69, 9.17) is 11.6 Å². The Hall–Kier alpha value is -3.36. The number of anilines is 1. The van der Waals surface area contributed by atoms with Gasteiger partial charge < -0.3 is 10.2 Å². The van der Waals surface area contributed by atoms with Gasteiger partial charge in [0, 0.05) is 18.1 Å². The van der Waals surface area contributed by atoms with Crippen LogP contribution in [0.3, 0.4) is 0 Å². The van der Waals surface area contributed by atoms with E-state index in [2.05, 4.69) is 5.32 Å². The summed E-state index contributed by atoms with van der Waals surface area (Å²) in [6, 6.07) is 19.8. The van der Waals surface area contributed by atoms with Crippen molar-refractivity contribution in [1.82, 2.24) is 10.2 Å². The Labute approximate surface area is 236 Å². The van der Waals surface area contributed by atoms with Crippen LogP contribution in [0, 0.1) is 13.8 Å². The molecule has 2 amide bonds. The molecular formula is C30H36ClN3O4S. The Morgan fingerprint density at radius 3 is 2.15 bits per heavy atom. The molecule has 1 N–H and O–H groups in total. The number of hydrogen-bond acceptors (Lipinski definition) is 4. The van der Waals surface area contributed by atoms with Gasteiger partial charge in [0.1, 0.15) is 12.6 Å². The molecule has 0 aliphatic carbocycles. The van der Waals surface area contributed by atoms with E-state index in [1.165, 1.54) is 4.90 Å². The Morgan fingerprint density at radius 1 is 0.923 bits per heavy atom. The van der Waals surface area contributed by atoms with Crippen molar-refractivity contribution in [2.24, 2.45) is 0 Å². The monoisotopic (exact) mass is 569 g/mol. The van der Waals surface area contributed by atoms with Gasteiger partial charge in [0.2, 0.25) is 11.8 Å². The lowest BCUT2D eigenvalue weighted by atomic mass is 10.1. The number of sulfonamides is 1. The molecule has 1 atom stereocenters. The summed E-state index contributed by atoms with van der Waals surface area (Å²) in [7, 11) is -4.10. The normalized spacial score (nSPS) is 12.0. The predicted molar refractivity (Wildman–Crippen MR) is 156 cm³/mol. The van der Waals surface area contributed by atoms with Crippen LogP contribution < -0.4 is 9.62 Å². The maximum absolute atomic E-state index is 14.0. The summed E-state index contributed by atoms with van der Waals surface area (Å²) >= 11 is 6.06. The zero-order chi connectivity index (χ0) is 28.6. The Morgan fingerprint density at radius 2 is 1.56 bits per heavy atom. The zero-order valence-corrected chi connectivity index (χ0v) is 24.4. The highest BCUT2D eigenvalue weighted by molar-refractivity contribution is 7.92. The van der Waals surface area contributed by atoms with Gasteiger partial charge in [-0.15, -0.1) is 0 Å². The summed E-state index contributed by atoms with van der Waals surface area (Å²) < 4.78 is 29.0. The van der Waals surface area contributed by atoms with Crippen LogP contribution in [0.2, 0.25) is 5.02 Å². The minimum Gasteiger partial charge on any atom is -0.354 e. The van der Waals surface area contributed by atoms with E-state index in [9.17, 15) is 18.0 Å². The summed E-state index contributed by atoms with van der Waals surface area (Å²) in [6.07, 6.45) is 1.12. The smallest absolute Gasteiger partial charge is 0.264 e. The third kappa shape index (κ3) is 7.61. The molecule has 9 heteroatoms. The SMILES string of the molecule is CCCNC(=O)[C@@H](CC)N(Cc1ccc(Cl)cc1)C(=O)CN(c1ccccc1C)S(=O)(=O)c1ccc(C)cc1. The molecule has 0 unspecified atom stereocenters. The third-order valence-corrected chi connectivity index (χ3v) is 8.50. The Bertz CT molecular complexity index is 1380. The first-order valence-electron chi connectivity index (χ1n) is 13.0. The lowest BCUT2D eigenvalue weighted by Gasteiger charge is -2.33. The average Bonchev–Trinajstić information content (AvgIpc) is 2.92. The molecule has 0 radical (unpaired) electrons. The van der Waals surface area contributed by atoms with Crippen LogP contribution in [-0.2, 0) is 26.2 Å². The van der Waals surface area contributed by atoms with Gasteiger partial charge in [-0.1, -0.05) is 73.5 Å². The van der Waals surface area contributed by atoms with Crippen LogP contribution in [0.25, 0.3) is 0 Å². The Kier molecular flexibility index (Phi) is 10.5. The summed E-state index contributed by atoms with van der Waals surface area (Å²) in [5.41, 5.74) is 2.81. The van der Waals surface area contributed by atoms with Crippen molar-refractivity contribution in [3.8, 4) is 0 Å². The lowest BCUT2D eigenvalue weighted by molar-refractivity contribution is -0.140. The number of amides is 2. The molecular weight excluding hydrogens is 534 g/mol.